The Hall–Kier alpha value is -3.21. The van der Waals surface area contributed by atoms with Gasteiger partial charge in [0, 0.05) is 25.5 Å². The van der Waals surface area contributed by atoms with Crippen molar-refractivity contribution in [2.45, 2.75) is 25.5 Å². The highest BCUT2D eigenvalue weighted by atomic mass is 19.1. The third kappa shape index (κ3) is 4.45. The van der Waals surface area contributed by atoms with Crippen molar-refractivity contribution in [2.24, 2.45) is 0 Å². The van der Waals surface area contributed by atoms with E-state index in [-0.39, 0.29) is 29.5 Å². The second-order valence-electron chi connectivity index (χ2n) is 5.94. The molecule has 0 radical (unpaired) electrons. The van der Waals surface area contributed by atoms with Crippen LogP contribution in [0.25, 0.3) is 0 Å². The number of carbonyl (C=O) groups is 1. The molecule has 1 unspecified atom stereocenters. The maximum Gasteiger partial charge on any atom is 0.317 e. The number of benzene rings is 1. The van der Waals surface area contributed by atoms with Crippen LogP contribution in [0.4, 0.5) is 9.18 Å². The zero-order chi connectivity index (χ0) is 18.4. The van der Waals surface area contributed by atoms with Gasteiger partial charge in [-0.1, -0.05) is 12.1 Å². The van der Waals surface area contributed by atoms with Crippen molar-refractivity contribution in [1.29, 1.82) is 5.26 Å². The summed E-state index contributed by atoms with van der Waals surface area (Å²) in [4.78, 5) is 22.0. The Labute approximate surface area is 150 Å². The summed E-state index contributed by atoms with van der Waals surface area (Å²) >= 11 is 0. The van der Waals surface area contributed by atoms with E-state index in [0.717, 1.165) is 18.4 Å². The van der Waals surface area contributed by atoms with Crippen LogP contribution in [0, 0.1) is 17.1 Å². The number of hydrogen-bond acceptors (Lipinski definition) is 5. The highest BCUT2D eigenvalue weighted by molar-refractivity contribution is 5.74. The highest BCUT2D eigenvalue weighted by Crippen LogP contribution is 2.18. The van der Waals surface area contributed by atoms with Crippen molar-refractivity contribution in [3.63, 3.8) is 0 Å². The fraction of sp³-hybridized carbons (Fsp3) is 0.333. The Morgan fingerprint density at radius 3 is 2.88 bits per heavy atom. The number of nitrogens with zero attached hydrogens (tertiary/aromatic N) is 4. The summed E-state index contributed by atoms with van der Waals surface area (Å²) in [6.07, 6.45) is 4.21. The lowest BCUT2D eigenvalue weighted by atomic mass is 10.1. The lowest BCUT2D eigenvalue weighted by Crippen LogP contribution is -2.48. The van der Waals surface area contributed by atoms with Gasteiger partial charge in [-0.25, -0.2) is 19.2 Å². The predicted molar refractivity (Wildman–Crippen MR) is 90.6 cm³/mol. The smallest absolute Gasteiger partial charge is 0.317 e. The minimum absolute atomic E-state index is 0.130. The van der Waals surface area contributed by atoms with Crippen molar-refractivity contribution in [2.75, 3.05) is 13.1 Å². The normalized spacial score (nSPS) is 16.6. The summed E-state index contributed by atoms with van der Waals surface area (Å²) in [5.74, 6) is -0.120. The molecule has 1 atom stereocenters. The first-order chi connectivity index (χ1) is 12.7. The van der Waals surface area contributed by atoms with Crippen LogP contribution in [-0.2, 0) is 6.54 Å². The lowest BCUT2D eigenvalue weighted by Gasteiger charge is -2.32. The first-order valence-corrected chi connectivity index (χ1v) is 8.30. The fourth-order valence-corrected chi connectivity index (χ4v) is 2.76. The third-order valence-corrected chi connectivity index (χ3v) is 4.07. The summed E-state index contributed by atoms with van der Waals surface area (Å²) in [7, 11) is 0. The van der Waals surface area contributed by atoms with Crippen LogP contribution in [0.2, 0.25) is 0 Å². The van der Waals surface area contributed by atoms with Gasteiger partial charge >= 0.3 is 6.03 Å². The van der Waals surface area contributed by atoms with Gasteiger partial charge < -0.3 is 15.0 Å². The van der Waals surface area contributed by atoms with Crippen LogP contribution in [0.5, 0.6) is 5.88 Å². The quantitative estimate of drug-likeness (QED) is 0.908. The topological polar surface area (TPSA) is 91.1 Å². The summed E-state index contributed by atoms with van der Waals surface area (Å²) in [6, 6.07) is 7.73. The number of hydrogen-bond donors (Lipinski definition) is 1. The van der Waals surface area contributed by atoms with Gasteiger partial charge in [0.1, 0.15) is 18.0 Å². The summed E-state index contributed by atoms with van der Waals surface area (Å²) in [5, 5.41) is 11.9. The van der Waals surface area contributed by atoms with E-state index in [4.69, 9.17) is 10.00 Å². The van der Waals surface area contributed by atoms with Gasteiger partial charge in [0.25, 0.3) is 5.88 Å². The van der Waals surface area contributed by atoms with Gasteiger partial charge in [-0.05, 0) is 30.5 Å². The molecule has 0 saturated carbocycles. The van der Waals surface area contributed by atoms with Crippen LogP contribution in [0.3, 0.4) is 0 Å². The first kappa shape index (κ1) is 17.6. The molecule has 0 aliphatic carbocycles. The summed E-state index contributed by atoms with van der Waals surface area (Å²) in [6.45, 7) is 1.35. The van der Waals surface area contributed by atoms with Crippen LogP contribution < -0.4 is 10.1 Å². The predicted octanol–water partition coefficient (Wildman–Crippen LogP) is 2.24. The molecule has 3 rings (SSSR count). The first-order valence-electron chi connectivity index (χ1n) is 8.30. The fourth-order valence-electron chi connectivity index (χ4n) is 2.76. The van der Waals surface area contributed by atoms with Gasteiger partial charge in [-0.3, -0.25) is 0 Å². The van der Waals surface area contributed by atoms with Crippen LogP contribution in [0.1, 0.15) is 24.1 Å². The lowest BCUT2D eigenvalue weighted by molar-refractivity contribution is 0.0971. The summed E-state index contributed by atoms with van der Waals surface area (Å²) < 4.78 is 18.7. The van der Waals surface area contributed by atoms with Gasteiger partial charge in [0.15, 0.2) is 0 Å². The Morgan fingerprint density at radius 1 is 1.35 bits per heavy atom. The van der Waals surface area contributed by atoms with E-state index in [9.17, 15) is 9.18 Å². The molecule has 1 aliphatic rings. The molecule has 134 valence electrons. The Morgan fingerprint density at radius 2 is 2.12 bits per heavy atom. The molecule has 2 aromatic rings. The molecule has 1 aromatic heterocycles. The molecule has 8 heteroatoms. The number of amides is 2. The van der Waals surface area contributed by atoms with Crippen molar-refractivity contribution in [3.05, 3.63) is 53.7 Å². The van der Waals surface area contributed by atoms with E-state index in [1.807, 2.05) is 6.07 Å². The van der Waals surface area contributed by atoms with Crippen molar-refractivity contribution in [1.82, 2.24) is 20.2 Å². The van der Waals surface area contributed by atoms with Crippen LogP contribution in [-0.4, -0.2) is 40.1 Å². The molecule has 1 aromatic carbocycles. The molecular weight excluding hydrogens is 337 g/mol. The van der Waals surface area contributed by atoms with Gasteiger partial charge in [0.2, 0.25) is 5.69 Å². The molecule has 1 N–H and O–H groups in total. The average molecular weight is 355 g/mol. The Bertz CT molecular complexity index is 806. The molecule has 1 saturated heterocycles. The number of carbonyl (C=O) groups excluding carboxylic acids is 1. The van der Waals surface area contributed by atoms with Gasteiger partial charge in [-0.2, -0.15) is 5.26 Å². The Kier molecular flexibility index (Phi) is 5.59. The second kappa shape index (κ2) is 8.25. The highest BCUT2D eigenvalue weighted by Gasteiger charge is 2.26. The number of likely N-dealkylation sites (tertiary alicyclic amines) is 1. The van der Waals surface area contributed by atoms with Gasteiger partial charge in [-0.15, -0.1) is 0 Å². The van der Waals surface area contributed by atoms with E-state index in [1.165, 1.54) is 24.5 Å². The number of urea groups is 1. The SMILES string of the molecule is N#Cc1nccnc1OC1CCCN(C(=O)NCc2ccc(F)cc2)C1. The van der Waals surface area contributed by atoms with Gasteiger partial charge in [0.05, 0.1) is 6.54 Å². The summed E-state index contributed by atoms with van der Waals surface area (Å²) in [5.41, 5.74) is 0.952. The maximum absolute atomic E-state index is 12.9. The second-order valence-corrected chi connectivity index (χ2v) is 5.94. The molecule has 0 spiro atoms. The van der Waals surface area contributed by atoms with Crippen molar-refractivity contribution in [3.8, 4) is 11.9 Å². The van der Waals surface area contributed by atoms with E-state index in [2.05, 4.69) is 15.3 Å². The molecule has 1 aliphatic heterocycles. The number of ether oxygens (including phenoxy) is 1. The monoisotopic (exact) mass is 355 g/mol. The van der Waals surface area contributed by atoms with Crippen LogP contribution >= 0.6 is 0 Å². The van der Waals surface area contributed by atoms with Crippen molar-refractivity contribution >= 4 is 6.03 Å². The zero-order valence-corrected chi connectivity index (χ0v) is 14.1. The van der Waals surface area contributed by atoms with Crippen LogP contribution in [0.15, 0.2) is 36.7 Å². The number of nitriles is 1. The van der Waals surface area contributed by atoms with E-state index >= 15 is 0 Å². The number of halogens is 1. The zero-order valence-electron chi connectivity index (χ0n) is 14.1. The molecule has 26 heavy (non-hydrogen) atoms. The molecule has 7 nitrogen and oxygen atoms in total. The van der Waals surface area contributed by atoms with Crippen molar-refractivity contribution < 1.29 is 13.9 Å². The Balaban J connectivity index is 1.55. The number of nitrogens with one attached hydrogen (secondary N) is 1. The molecule has 1 fully saturated rings. The number of rotatable bonds is 4. The number of piperidine rings is 1. The maximum atomic E-state index is 12.9. The molecular formula is C18H18FN5O2. The largest absolute Gasteiger partial charge is 0.470 e. The van der Waals surface area contributed by atoms with E-state index < -0.39 is 0 Å². The molecule has 2 amide bonds. The third-order valence-electron chi connectivity index (χ3n) is 4.07. The minimum atomic E-state index is -0.308. The van der Waals surface area contributed by atoms with E-state index in [0.29, 0.717) is 19.6 Å². The average Bonchev–Trinajstić information content (AvgIpc) is 2.68. The van der Waals surface area contributed by atoms with E-state index in [1.54, 1.807) is 17.0 Å². The molecule has 0 bridgehead atoms. The minimum Gasteiger partial charge on any atom is -0.470 e. The molecule has 2 heterocycles. The standard InChI is InChI=1S/C18H18FN5O2/c19-14-5-3-13(4-6-14)11-23-18(25)24-9-1-2-15(12-24)26-17-16(10-20)21-7-8-22-17/h3-8,15H,1-2,9,11-12H2,(H,23,25). The number of aromatic nitrogens is 2.